The van der Waals surface area contributed by atoms with Crippen LogP contribution in [0, 0.1) is 5.92 Å². The van der Waals surface area contributed by atoms with E-state index in [9.17, 15) is 15.0 Å². The lowest BCUT2D eigenvalue weighted by atomic mass is 9.51. The Morgan fingerprint density at radius 1 is 1.43 bits per heavy atom. The van der Waals surface area contributed by atoms with Crippen LogP contribution in [-0.4, -0.2) is 71.1 Å². The topological polar surface area (TPSA) is 82.5 Å². The van der Waals surface area contributed by atoms with Crippen LogP contribution in [0.3, 0.4) is 0 Å². The Morgan fingerprint density at radius 3 is 2.93 bits per heavy atom. The van der Waals surface area contributed by atoms with Crippen molar-refractivity contribution in [1.29, 1.82) is 0 Å². The van der Waals surface area contributed by atoms with Crippen molar-refractivity contribution in [2.75, 3.05) is 20.7 Å². The van der Waals surface area contributed by atoms with Crippen LogP contribution in [0.15, 0.2) is 12.1 Å². The zero-order valence-electron chi connectivity index (χ0n) is 16.6. The standard InChI is InChI=1S/C21H28N2O5/c1-11(20(25)26)23(27-3)14-6-5-13-15-10-12-4-7-16(24)18-17(12)21(13,19(14)28-18)8-9-22(15)2/h4,7,11,13-15,19,24H,5-6,8-10H2,1-3H3,(H,25,26)/t11-,13-,14-,15+,19-,21-/m0/s1. The molecule has 2 aliphatic carbocycles. The Hall–Kier alpha value is -1.83. The second-order valence-electron chi connectivity index (χ2n) is 8.84. The Labute approximate surface area is 164 Å². The van der Waals surface area contributed by atoms with Crippen molar-refractivity contribution in [1.82, 2.24) is 9.96 Å². The van der Waals surface area contributed by atoms with E-state index in [1.165, 1.54) is 18.2 Å². The van der Waals surface area contributed by atoms with E-state index in [0.717, 1.165) is 32.2 Å². The average Bonchev–Trinajstić information content (AvgIpc) is 3.03. The van der Waals surface area contributed by atoms with Gasteiger partial charge >= 0.3 is 5.97 Å². The molecule has 0 unspecified atom stereocenters. The van der Waals surface area contributed by atoms with E-state index in [4.69, 9.17) is 9.57 Å². The van der Waals surface area contributed by atoms with E-state index < -0.39 is 12.0 Å². The molecule has 1 aromatic rings. The van der Waals surface area contributed by atoms with Crippen LogP contribution >= 0.6 is 0 Å². The number of carbonyl (C=O) groups is 1. The van der Waals surface area contributed by atoms with Gasteiger partial charge < -0.3 is 24.7 Å². The van der Waals surface area contributed by atoms with E-state index in [2.05, 4.69) is 11.9 Å². The number of piperidine rings is 1. The first-order chi connectivity index (χ1) is 13.4. The second-order valence-corrected chi connectivity index (χ2v) is 8.84. The fraction of sp³-hybridized carbons (Fsp3) is 0.667. The fourth-order valence-electron chi connectivity index (χ4n) is 6.66. The molecule has 2 N–H and O–H groups in total. The first kappa shape index (κ1) is 18.2. The molecule has 152 valence electrons. The van der Waals surface area contributed by atoms with E-state index in [1.54, 1.807) is 18.1 Å². The summed E-state index contributed by atoms with van der Waals surface area (Å²) in [5, 5.41) is 21.7. The summed E-state index contributed by atoms with van der Waals surface area (Å²) in [6.07, 6.45) is 3.53. The number of ether oxygens (including phenoxy) is 1. The summed E-state index contributed by atoms with van der Waals surface area (Å²) < 4.78 is 6.49. The highest BCUT2D eigenvalue weighted by molar-refractivity contribution is 5.72. The number of likely N-dealkylation sites (N-methyl/N-ethyl adjacent to an activating group) is 1. The number of hydroxylamine groups is 2. The quantitative estimate of drug-likeness (QED) is 0.761. The summed E-state index contributed by atoms with van der Waals surface area (Å²) in [6.45, 7) is 2.63. The molecule has 2 heterocycles. The van der Waals surface area contributed by atoms with Gasteiger partial charge in [-0.2, -0.15) is 5.06 Å². The summed E-state index contributed by atoms with van der Waals surface area (Å²) in [5.41, 5.74) is 2.26. The predicted molar refractivity (Wildman–Crippen MR) is 101 cm³/mol. The summed E-state index contributed by atoms with van der Waals surface area (Å²) >= 11 is 0. The van der Waals surface area contributed by atoms with E-state index >= 15 is 0 Å². The Morgan fingerprint density at radius 2 is 2.21 bits per heavy atom. The molecule has 1 aromatic carbocycles. The minimum atomic E-state index is -0.912. The first-order valence-corrected chi connectivity index (χ1v) is 10.2. The highest BCUT2D eigenvalue weighted by Crippen LogP contribution is 2.64. The maximum Gasteiger partial charge on any atom is 0.323 e. The van der Waals surface area contributed by atoms with Gasteiger partial charge in [-0.3, -0.25) is 4.79 Å². The molecule has 1 saturated heterocycles. The summed E-state index contributed by atoms with van der Waals surface area (Å²) in [7, 11) is 3.74. The molecule has 4 aliphatic rings. The van der Waals surface area contributed by atoms with Gasteiger partial charge in [0.25, 0.3) is 0 Å². The number of likely N-dealkylation sites (tertiary alicyclic amines) is 1. The van der Waals surface area contributed by atoms with Crippen LogP contribution < -0.4 is 4.74 Å². The van der Waals surface area contributed by atoms with E-state index in [1.807, 2.05) is 6.07 Å². The van der Waals surface area contributed by atoms with Crippen LogP contribution in [0.1, 0.15) is 37.3 Å². The number of phenolic OH excluding ortho intramolecular Hbond substituents is 1. The van der Waals surface area contributed by atoms with Gasteiger partial charge in [-0.15, -0.1) is 0 Å². The molecule has 1 spiro atoms. The molecular weight excluding hydrogens is 360 g/mol. The molecule has 2 bridgehead atoms. The molecule has 28 heavy (non-hydrogen) atoms. The number of hydrogen-bond donors (Lipinski definition) is 2. The molecule has 7 heteroatoms. The van der Waals surface area contributed by atoms with Crippen LogP contribution in [-0.2, 0) is 21.5 Å². The summed E-state index contributed by atoms with van der Waals surface area (Å²) in [5.74, 6) is 0.335. The predicted octanol–water partition coefficient (Wildman–Crippen LogP) is 1.77. The minimum absolute atomic E-state index is 0.172. The molecule has 6 atom stereocenters. The number of phenols is 1. The maximum absolute atomic E-state index is 11.7. The van der Waals surface area contributed by atoms with Gasteiger partial charge in [-0.25, -0.2) is 0 Å². The van der Waals surface area contributed by atoms with Crippen molar-refractivity contribution in [3.05, 3.63) is 23.3 Å². The average molecular weight is 388 g/mol. The summed E-state index contributed by atoms with van der Waals surface area (Å²) in [4.78, 5) is 19.7. The number of benzene rings is 1. The molecule has 0 aromatic heterocycles. The van der Waals surface area contributed by atoms with Gasteiger partial charge in [-0.05, 0) is 63.7 Å². The zero-order chi connectivity index (χ0) is 19.8. The van der Waals surface area contributed by atoms with Gasteiger partial charge in [-0.1, -0.05) is 6.07 Å². The van der Waals surface area contributed by atoms with Gasteiger partial charge in [0.15, 0.2) is 11.5 Å². The number of hydrogen-bond acceptors (Lipinski definition) is 6. The molecular formula is C21H28N2O5. The summed E-state index contributed by atoms with van der Waals surface area (Å²) in [6, 6.07) is 3.29. The van der Waals surface area contributed by atoms with Gasteiger partial charge in [0.05, 0.1) is 13.2 Å². The normalized spacial score (nSPS) is 36.7. The van der Waals surface area contributed by atoms with Crippen LogP contribution in [0.4, 0.5) is 0 Å². The van der Waals surface area contributed by atoms with Crippen LogP contribution in [0.2, 0.25) is 0 Å². The molecule has 2 fully saturated rings. The molecule has 0 amide bonds. The van der Waals surface area contributed by atoms with Crippen molar-refractivity contribution >= 4 is 5.97 Å². The third kappa shape index (κ3) is 2.12. The SMILES string of the molecule is CON([C@@H](C)C(=O)O)[C@H]1CC[C@H]2[C@H]3Cc4ccc(O)c5c4[C@@]2(CCN3C)[C@H]1O5. The van der Waals surface area contributed by atoms with Crippen molar-refractivity contribution < 1.29 is 24.6 Å². The van der Waals surface area contributed by atoms with Crippen molar-refractivity contribution in [3.63, 3.8) is 0 Å². The van der Waals surface area contributed by atoms with Crippen LogP contribution in [0.5, 0.6) is 11.5 Å². The largest absolute Gasteiger partial charge is 0.504 e. The Balaban J connectivity index is 1.66. The van der Waals surface area contributed by atoms with Crippen molar-refractivity contribution in [3.8, 4) is 11.5 Å². The Kier molecular flexibility index (Phi) is 3.96. The minimum Gasteiger partial charge on any atom is -0.504 e. The lowest BCUT2D eigenvalue weighted by Crippen LogP contribution is -2.69. The lowest BCUT2D eigenvalue weighted by molar-refractivity contribution is -0.229. The van der Waals surface area contributed by atoms with Gasteiger partial charge in [0.2, 0.25) is 0 Å². The monoisotopic (exact) mass is 388 g/mol. The fourth-order valence-corrected chi connectivity index (χ4v) is 6.66. The molecule has 1 saturated carbocycles. The van der Waals surface area contributed by atoms with Crippen molar-refractivity contribution in [2.24, 2.45) is 5.92 Å². The van der Waals surface area contributed by atoms with Gasteiger partial charge in [0.1, 0.15) is 12.1 Å². The van der Waals surface area contributed by atoms with Crippen molar-refractivity contribution in [2.45, 2.75) is 62.3 Å². The molecule has 0 radical (unpaired) electrons. The zero-order valence-corrected chi connectivity index (χ0v) is 16.6. The number of carboxylic acids is 1. The third-order valence-electron chi connectivity index (χ3n) is 7.84. The first-order valence-electron chi connectivity index (χ1n) is 10.2. The molecule has 2 aliphatic heterocycles. The van der Waals surface area contributed by atoms with E-state index in [0.29, 0.717) is 17.7 Å². The lowest BCUT2D eigenvalue weighted by Gasteiger charge is -2.60. The molecule has 7 nitrogen and oxygen atoms in total. The third-order valence-corrected chi connectivity index (χ3v) is 7.84. The van der Waals surface area contributed by atoms with Gasteiger partial charge in [0, 0.05) is 17.0 Å². The smallest absolute Gasteiger partial charge is 0.323 e. The van der Waals surface area contributed by atoms with Crippen LogP contribution in [0.25, 0.3) is 0 Å². The molecule has 5 rings (SSSR count). The highest BCUT2D eigenvalue weighted by atomic mass is 16.7. The highest BCUT2D eigenvalue weighted by Gasteiger charge is 2.66. The maximum atomic E-state index is 11.7. The number of nitrogens with zero attached hydrogens (tertiary/aromatic N) is 2. The number of aliphatic carboxylic acids is 1. The Bertz CT molecular complexity index is 829. The second kappa shape index (κ2) is 6.08. The number of aromatic hydroxyl groups is 1. The number of carboxylic acid groups (broad SMARTS) is 1. The van der Waals surface area contributed by atoms with E-state index in [-0.39, 0.29) is 23.3 Å². The number of rotatable bonds is 4.